The van der Waals surface area contributed by atoms with Gasteiger partial charge >= 0.3 is 0 Å². The number of carbonyl (C=O) groups excluding carboxylic acids is 2. The molecule has 1 aromatic carbocycles. The van der Waals surface area contributed by atoms with Gasteiger partial charge in [-0.25, -0.2) is 0 Å². The lowest BCUT2D eigenvalue weighted by Gasteiger charge is -2.19. The van der Waals surface area contributed by atoms with E-state index in [-0.39, 0.29) is 11.8 Å². The molecule has 0 aliphatic carbocycles. The van der Waals surface area contributed by atoms with Gasteiger partial charge in [-0.05, 0) is 50.6 Å². The van der Waals surface area contributed by atoms with Crippen molar-refractivity contribution in [2.24, 2.45) is 0 Å². The first-order valence-electron chi connectivity index (χ1n) is 9.08. The SMILES string of the molecule is COCCCNC(=O)c1cccc(NC(=O)CN2CCCCCC2)c1. The standard InChI is InChI=1S/C19H29N3O3/c1-25-13-7-10-20-19(24)16-8-6-9-17(14-16)21-18(23)15-22-11-4-2-3-5-12-22/h6,8-9,14H,2-5,7,10-13,15H2,1H3,(H,20,24)(H,21,23). The second-order valence-corrected chi connectivity index (χ2v) is 6.42. The van der Waals surface area contributed by atoms with Crippen LogP contribution in [0.2, 0.25) is 0 Å². The Bertz CT molecular complexity index is 555. The largest absolute Gasteiger partial charge is 0.385 e. The molecule has 1 aliphatic heterocycles. The molecule has 0 atom stereocenters. The molecule has 1 fully saturated rings. The fourth-order valence-electron chi connectivity index (χ4n) is 2.96. The van der Waals surface area contributed by atoms with Crippen LogP contribution >= 0.6 is 0 Å². The van der Waals surface area contributed by atoms with Crippen LogP contribution < -0.4 is 10.6 Å². The Morgan fingerprint density at radius 1 is 1.16 bits per heavy atom. The monoisotopic (exact) mass is 347 g/mol. The zero-order chi connectivity index (χ0) is 17.9. The maximum atomic E-state index is 12.3. The molecule has 0 spiro atoms. The van der Waals surface area contributed by atoms with Gasteiger partial charge < -0.3 is 15.4 Å². The van der Waals surface area contributed by atoms with Crippen molar-refractivity contribution in [2.45, 2.75) is 32.1 Å². The summed E-state index contributed by atoms with van der Waals surface area (Å²) in [5.74, 6) is -0.167. The molecule has 0 aromatic heterocycles. The third-order valence-corrected chi connectivity index (χ3v) is 4.29. The summed E-state index contributed by atoms with van der Waals surface area (Å²) >= 11 is 0. The van der Waals surface area contributed by atoms with Crippen LogP contribution in [0.5, 0.6) is 0 Å². The van der Waals surface area contributed by atoms with Crippen molar-refractivity contribution in [2.75, 3.05) is 45.2 Å². The predicted octanol–water partition coefficient (Wildman–Crippen LogP) is 2.27. The molecule has 1 aliphatic rings. The smallest absolute Gasteiger partial charge is 0.251 e. The van der Waals surface area contributed by atoms with Crippen LogP contribution in [0.3, 0.4) is 0 Å². The molecule has 2 rings (SSSR count). The minimum absolute atomic E-state index is 0.0282. The number of amides is 2. The van der Waals surface area contributed by atoms with Gasteiger partial charge in [-0.2, -0.15) is 0 Å². The number of carbonyl (C=O) groups is 2. The van der Waals surface area contributed by atoms with Gasteiger partial charge in [-0.15, -0.1) is 0 Å². The van der Waals surface area contributed by atoms with Gasteiger partial charge in [0.25, 0.3) is 5.91 Å². The summed E-state index contributed by atoms with van der Waals surface area (Å²) in [6.07, 6.45) is 5.59. The molecule has 6 nitrogen and oxygen atoms in total. The van der Waals surface area contributed by atoms with Crippen LogP contribution in [0.1, 0.15) is 42.5 Å². The van der Waals surface area contributed by atoms with Crippen LogP contribution in [0.4, 0.5) is 5.69 Å². The Labute approximate surface area is 149 Å². The van der Waals surface area contributed by atoms with Crippen LogP contribution in [-0.2, 0) is 9.53 Å². The minimum Gasteiger partial charge on any atom is -0.385 e. The summed E-state index contributed by atoms with van der Waals surface area (Å²) in [7, 11) is 1.64. The van der Waals surface area contributed by atoms with E-state index in [9.17, 15) is 9.59 Å². The Hall–Kier alpha value is -1.92. The van der Waals surface area contributed by atoms with E-state index in [0.29, 0.717) is 30.9 Å². The molecule has 138 valence electrons. The Kier molecular flexibility index (Phi) is 8.42. The highest BCUT2D eigenvalue weighted by molar-refractivity contribution is 5.97. The maximum absolute atomic E-state index is 12.3. The van der Waals surface area contributed by atoms with Crippen LogP contribution in [0.15, 0.2) is 24.3 Å². The molecule has 1 saturated heterocycles. The summed E-state index contributed by atoms with van der Waals surface area (Å²) in [5.41, 5.74) is 1.20. The lowest BCUT2D eigenvalue weighted by atomic mass is 10.2. The van der Waals surface area contributed by atoms with Gasteiger partial charge in [0.2, 0.25) is 5.91 Å². The van der Waals surface area contributed by atoms with E-state index >= 15 is 0 Å². The number of methoxy groups -OCH3 is 1. The van der Waals surface area contributed by atoms with Crippen molar-refractivity contribution in [3.63, 3.8) is 0 Å². The highest BCUT2D eigenvalue weighted by Crippen LogP contribution is 2.12. The topological polar surface area (TPSA) is 70.7 Å². The average molecular weight is 347 g/mol. The third kappa shape index (κ3) is 7.23. The number of nitrogens with one attached hydrogen (secondary N) is 2. The van der Waals surface area contributed by atoms with Gasteiger partial charge in [0, 0.05) is 31.5 Å². The predicted molar refractivity (Wildman–Crippen MR) is 98.8 cm³/mol. The van der Waals surface area contributed by atoms with Crippen LogP contribution in [0, 0.1) is 0 Å². The van der Waals surface area contributed by atoms with E-state index in [1.165, 1.54) is 12.8 Å². The number of hydrogen-bond acceptors (Lipinski definition) is 4. The lowest BCUT2D eigenvalue weighted by Crippen LogP contribution is -2.34. The molecule has 6 heteroatoms. The molecule has 0 bridgehead atoms. The van der Waals surface area contributed by atoms with Crippen molar-refractivity contribution in [3.8, 4) is 0 Å². The van der Waals surface area contributed by atoms with Crippen molar-refractivity contribution >= 4 is 17.5 Å². The number of ether oxygens (including phenoxy) is 1. The molecule has 2 amide bonds. The third-order valence-electron chi connectivity index (χ3n) is 4.29. The summed E-state index contributed by atoms with van der Waals surface area (Å²) in [5, 5.41) is 5.75. The van der Waals surface area contributed by atoms with Crippen molar-refractivity contribution in [1.82, 2.24) is 10.2 Å². The van der Waals surface area contributed by atoms with E-state index in [2.05, 4.69) is 15.5 Å². The number of likely N-dealkylation sites (tertiary alicyclic amines) is 1. The van der Waals surface area contributed by atoms with E-state index in [1.54, 1.807) is 25.3 Å². The summed E-state index contributed by atoms with van der Waals surface area (Å²) < 4.78 is 4.96. The van der Waals surface area contributed by atoms with Crippen LogP contribution in [-0.4, -0.2) is 56.6 Å². The molecule has 0 unspecified atom stereocenters. The fraction of sp³-hybridized carbons (Fsp3) is 0.579. The average Bonchev–Trinajstić information content (AvgIpc) is 2.87. The molecule has 1 heterocycles. The Morgan fingerprint density at radius 2 is 1.92 bits per heavy atom. The molecular weight excluding hydrogens is 318 g/mol. The molecule has 1 aromatic rings. The number of hydrogen-bond donors (Lipinski definition) is 2. The van der Waals surface area contributed by atoms with Crippen molar-refractivity contribution < 1.29 is 14.3 Å². The molecule has 0 radical (unpaired) electrons. The highest BCUT2D eigenvalue weighted by Gasteiger charge is 2.13. The van der Waals surface area contributed by atoms with Gasteiger partial charge in [0.05, 0.1) is 6.54 Å². The summed E-state index contributed by atoms with van der Waals surface area (Å²) in [4.78, 5) is 26.6. The Balaban J connectivity index is 1.83. The number of anilines is 1. The maximum Gasteiger partial charge on any atom is 0.251 e. The normalized spacial score (nSPS) is 15.4. The van der Waals surface area contributed by atoms with E-state index in [0.717, 1.165) is 32.4 Å². The first kappa shape index (κ1) is 19.4. The Morgan fingerprint density at radius 3 is 2.64 bits per heavy atom. The molecule has 0 saturated carbocycles. The fourth-order valence-corrected chi connectivity index (χ4v) is 2.96. The van der Waals surface area contributed by atoms with Gasteiger partial charge in [-0.3, -0.25) is 14.5 Å². The van der Waals surface area contributed by atoms with Crippen molar-refractivity contribution in [1.29, 1.82) is 0 Å². The van der Waals surface area contributed by atoms with Gasteiger partial charge in [0.15, 0.2) is 0 Å². The number of nitrogens with zero attached hydrogens (tertiary/aromatic N) is 1. The molecule has 25 heavy (non-hydrogen) atoms. The van der Waals surface area contributed by atoms with Gasteiger partial charge in [-0.1, -0.05) is 18.9 Å². The quantitative estimate of drug-likeness (QED) is 0.708. The summed E-state index contributed by atoms with van der Waals surface area (Å²) in [6, 6.07) is 7.05. The van der Waals surface area contributed by atoms with Crippen molar-refractivity contribution in [3.05, 3.63) is 29.8 Å². The van der Waals surface area contributed by atoms with E-state index in [4.69, 9.17) is 4.74 Å². The number of benzene rings is 1. The second-order valence-electron chi connectivity index (χ2n) is 6.42. The first-order chi connectivity index (χ1) is 12.2. The highest BCUT2D eigenvalue weighted by atomic mass is 16.5. The second kappa shape index (κ2) is 10.8. The first-order valence-corrected chi connectivity index (χ1v) is 9.08. The summed E-state index contributed by atoms with van der Waals surface area (Å²) in [6.45, 7) is 3.56. The molecule has 2 N–H and O–H groups in total. The minimum atomic E-state index is -0.139. The van der Waals surface area contributed by atoms with E-state index in [1.807, 2.05) is 6.07 Å². The zero-order valence-corrected chi connectivity index (χ0v) is 15.1. The lowest BCUT2D eigenvalue weighted by molar-refractivity contribution is -0.117. The molecular formula is C19H29N3O3. The van der Waals surface area contributed by atoms with E-state index < -0.39 is 0 Å². The van der Waals surface area contributed by atoms with Crippen LogP contribution in [0.25, 0.3) is 0 Å². The zero-order valence-electron chi connectivity index (χ0n) is 15.1. The number of rotatable bonds is 8. The van der Waals surface area contributed by atoms with Gasteiger partial charge in [0.1, 0.15) is 0 Å².